The third-order valence-electron chi connectivity index (χ3n) is 4.75. The number of benzene rings is 2. The van der Waals surface area contributed by atoms with Crippen LogP contribution in [0.2, 0.25) is 0 Å². The van der Waals surface area contributed by atoms with Crippen molar-refractivity contribution in [1.29, 1.82) is 0 Å². The number of carboxylic acid groups (broad SMARTS) is 2. The summed E-state index contributed by atoms with van der Waals surface area (Å²) >= 11 is 0. The molecule has 0 spiro atoms. The van der Waals surface area contributed by atoms with E-state index in [1.165, 1.54) is 12.1 Å². The van der Waals surface area contributed by atoms with Crippen LogP contribution in [0.4, 0.5) is 4.39 Å². The Bertz CT molecular complexity index is 849. The van der Waals surface area contributed by atoms with Gasteiger partial charge in [0.1, 0.15) is 12.4 Å². The maximum atomic E-state index is 13.1. The van der Waals surface area contributed by atoms with Gasteiger partial charge in [-0.25, -0.2) is 14.0 Å². The molecule has 1 atom stereocenters. The number of ether oxygens (including phenoxy) is 3. The first kappa shape index (κ1) is 29.9. The number of para-hydroxylation sites is 2. The summed E-state index contributed by atoms with van der Waals surface area (Å²) in [5, 5.41) is 18.2. The van der Waals surface area contributed by atoms with Crippen molar-refractivity contribution in [2.45, 2.75) is 45.6 Å². The van der Waals surface area contributed by atoms with E-state index in [1.807, 2.05) is 31.2 Å². The van der Waals surface area contributed by atoms with Gasteiger partial charge in [-0.15, -0.1) is 0 Å². The van der Waals surface area contributed by atoms with Gasteiger partial charge < -0.3 is 29.7 Å². The topological polar surface area (TPSA) is 114 Å². The van der Waals surface area contributed by atoms with Gasteiger partial charge >= 0.3 is 11.9 Å². The van der Waals surface area contributed by atoms with E-state index < -0.39 is 11.9 Å². The summed E-state index contributed by atoms with van der Waals surface area (Å²) in [6.45, 7) is 7.71. The molecule has 0 amide bonds. The molecule has 0 heterocycles. The van der Waals surface area contributed by atoms with Crippen molar-refractivity contribution >= 4 is 11.9 Å². The van der Waals surface area contributed by atoms with Crippen LogP contribution in [0.15, 0.2) is 48.5 Å². The van der Waals surface area contributed by atoms with Gasteiger partial charge in [0.15, 0.2) is 11.5 Å². The number of hydrogen-bond donors (Lipinski definition) is 3. The van der Waals surface area contributed by atoms with Gasteiger partial charge in [0.05, 0.1) is 12.7 Å². The van der Waals surface area contributed by atoms with Gasteiger partial charge in [-0.1, -0.05) is 37.6 Å². The van der Waals surface area contributed by atoms with Crippen molar-refractivity contribution in [2.24, 2.45) is 0 Å². The Kier molecular flexibility index (Phi) is 15.5. The standard InChI is InChI=1S/C24H34FNO3.C2H2O4/c1-3-5-18-28-23-9-6-7-10-24(23)29-19-17-26-16-8-11-22(27-4-2)20-12-14-21(25)15-13-20;3-1(4)2(5)6/h6-7,9-10,12-15,22,26H,3-5,8,11,16-19H2,1-2H3;(H,3,4)(H,5,6). The van der Waals surface area contributed by atoms with Gasteiger partial charge in [0.25, 0.3) is 0 Å². The molecule has 2 aromatic carbocycles. The fourth-order valence-electron chi connectivity index (χ4n) is 3.01. The second kappa shape index (κ2) is 18.2. The summed E-state index contributed by atoms with van der Waals surface area (Å²) in [6.07, 6.45) is 4.01. The van der Waals surface area contributed by atoms with E-state index in [4.69, 9.17) is 34.0 Å². The number of halogens is 1. The molecule has 0 radical (unpaired) electrons. The largest absolute Gasteiger partial charge is 0.490 e. The molecule has 0 saturated heterocycles. The number of carbonyl (C=O) groups is 2. The number of unbranched alkanes of at least 4 members (excludes halogenated alkanes) is 1. The summed E-state index contributed by atoms with van der Waals surface area (Å²) in [6, 6.07) is 14.4. The highest BCUT2D eigenvalue weighted by atomic mass is 19.1. The molecule has 194 valence electrons. The Morgan fingerprint density at radius 2 is 1.49 bits per heavy atom. The minimum atomic E-state index is -1.82. The summed E-state index contributed by atoms with van der Waals surface area (Å²) in [5.41, 5.74) is 1.02. The molecule has 0 saturated carbocycles. The number of carboxylic acids is 2. The molecule has 35 heavy (non-hydrogen) atoms. The molecule has 0 aliphatic rings. The van der Waals surface area contributed by atoms with Crippen LogP contribution in [0, 0.1) is 5.82 Å². The van der Waals surface area contributed by atoms with E-state index in [9.17, 15) is 4.39 Å². The lowest BCUT2D eigenvalue weighted by Crippen LogP contribution is -2.22. The van der Waals surface area contributed by atoms with Crippen molar-refractivity contribution < 1.29 is 38.4 Å². The van der Waals surface area contributed by atoms with E-state index >= 15 is 0 Å². The first-order valence-corrected chi connectivity index (χ1v) is 11.8. The maximum absolute atomic E-state index is 13.1. The van der Waals surface area contributed by atoms with Gasteiger partial charge in [0, 0.05) is 13.2 Å². The Morgan fingerprint density at radius 3 is 2.03 bits per heavy atom. The van der Waals surface area contributed by atoms with Crippen LogP contribution in [-0.4, -0.2) is 55.1 Å². The van der Waals surface area contributed by atoms with E-state index in [0.29, 0.717) is 19.8 Å². The molecule has 0 aliphatic heterocycles. The quantitative estimate of drug-likeness (QED) is 0.242. The van der Waals surface area contributed by atoms with E-state index in [2.05, 4.69) is 12.2 Å². The molecule has 0 aliphatic carbocycles. The van der Waals surface area contributed by atoms with Crippen molar-refractivity contribution in [3.8, 4) is 11.5 Å². The van der Waals surface area contributed by atoms with Crippen LogP contribution in [0.5, 0.6) is 11.5 Å². The molecule has 2 aromatic rings. The highest BCUT2D eigenvalue weighted by molar-refractivity contribution is 6.27. The molecule has 8 nitrogen and oxygen atoms in total. The molecule has 0 fully saturated rings. The Labute approximate surface area is 206 Å². The first-order chi connectivity index (χ1) is 16.9. The van der Waals surface area contributed by atoms with E-state index in [0.717, 1.165) is 55.8 Å². The Balaban J connectivity index is 0.000000905. The Morgan fingerprint density at radius 1 is 0.886 bits per heavy atom. The van der Waals surface area contributed by atoms with Gasteiger partial charge in [-0.3, -0.25) is 0 Å². The number of rotatable bonds is 15. The van der Waals surface area contributed by atoms with Crippen molar-refractivity contribution in [1.82, 2.24) is 5.32 Å². The van der Waals surface area contributed by atoms with Gasteiger partial charge in [0.2, 0.25) is 0 Å². The van der Waals surface area contributed by atoms with Crippen LogP contribution in [0.25, 0.3) is 0 Å². The molecular weight excluding hydrogens is 457 g/mol. The fourth-order valence-corrected chi connectivity index (χ4v) is 3.01. The zero-order valence-corrected chi connectivity index (χ0v) is 20.4. The fraction of sp³-hybridized carbons (Fsp3) is 0.462. The van der Waals surface area contributed by atoms with Gasteiger partial charge in [-0.05, 0) is 62.6 Å². The van der Waals surface area contributed by atoms with Gasteiger partial charge in [-0.2, -0.15) is 0 Å². The predicted octanol–water partition coefficient (Wildman–Crippen LogP) is 4.69. The summed E-state index contributed by atoms with van der Waals surface area (Å²) < 4.78 is 30.6. The van der Waals surface area contributed by atoms with Crippen LogP contribution < -0.4 is 14.8 Å². The van der Waals surface area contributed by atoms with Crippen LogP contribution in [-0.2, 0) is 14.3 Å². The molecular formula is C26H36FNO7. The highest BCUT2D eigenvalue weighted by Gasteiger charge is 2.11. The van der Waals surface area contributed by atoms with Crippen molar-refractivity contribution in [3.63, 3.8) is 0 Å². The molecule has 3 N–H and O–H groups in total. The maximum Gasteiger partial charge on any atom is 0.414 e. The lowest BCUT2D eigenvalue weighted by molar-refractivity contribution is -0.159. The third kappa shape index (κ3) is 13.3. The number of hydrogen-bond acceptors (Lipinski definition) is 6. The minimum absolute atomic E-state index is 0.00537. The summed E-state index contributed by atoms with van der Waals surface area (Å²) in [4.78, 5) is 18.2. The minimum Gasteiger partial charge on any atom is -0.490 e. The monoisotopic (exact) mass is 493 g/mol. The smallest absolute Gasteiger partial charge is 0.414 e. The zero-order chi connectivity index (χ0) is 25.9. The molecule has 9 heteroatoms. The van der Waals surface area contributed by atoms with Crippen LogP contribution in [0.3, 0.4) is 0 Å². The lowest BCUT2D eigenvalue weighted by Gasteiger charge is -2.18. The SMILES string of the molecule is CCCCOc1ccccc1OCCNCCCC(OCC)c1ccc(F)cc1.O=C(O)C(=O)O. The summed E-state index contributed by atoms with van der Waals surface area (Å²) in [5.74, 6) is -2.27. The third-order valence-corrected chi connectivity index (χ3v) is 4.75. The average molecular weight is 494 g/mol. The number of aliphatic carboxylic acids is 2. The van der Waals surface area contributed by atoms with E-state index in [-0.39, 0.29) is 11.9 Å². The number of nitrogens with one attached hydrogen (secondary N) is 1. The second-order valence-corrected chi connectivity index (χ2v) is 7.50. The molecule has 2 rings (SSSR count). The summed E-state index contributed by atoms with van der Waals surface area (Å²) in [7, 11) is 0. The van der Waals surface area contributed by atoms with Crippen molar-refractivity contribution in [3.05, 3.63) is 59.9 Å². The molecule has 1 unspecified atom stereocenters. The van der Waals surface area contributed by atoms with Crippen molar-refractivity contribution in [2.75, 3.05) is 32.9 Å². The normalized spacial score (nSPS) is 11.2. The first-order valence-electron chi connectivity index (χ1n) is 11.8. The average Bonchev–Trinajstić information content (AvgIpc) is 2.84. The second-order valence-electron chi connectivity index (χ2n) is 7.50. The predicted molar refractivity (Wildman–Crippen MR) is 130 cm³/mol. The zero-order valence-electron chi connectivity index (χ0n) is 20.4. The van der Waals surface area contributed by atoms with E-state index in [1.54, 1.807) is 12.1 Å². The molecule has 0 aromatic heterocycles. The highest BCUT2D eigenvalue weighted by Crippen LogP contribution is 2.26. The van der Waals surface area contributed by atoms with Crippen LogP contribution >= 0.6 is 0 Å². The Hall–Kier alpha value is -3.17. The molecule has 0 bridgehead atoms. The van der Waals surface area contributed by atoms with Crippen LogP contribution in [0.1, 0.15) is 51.2 Å². The lowest BCUT2D eigenvalue weighted by atomic mass is 10.0.